The predicted octanol–water partition coefficient (Wildman–Crippen LogP) is 8.48. The molecule has 0 aromatic heterocycles. The summed E-state index contributed by atoms with van der Waals surface area (Å²) in [5.74, 6) is -0.0592. The van der Waals surface area contributed by atoms with Gasteiger partial charge in [0.15, 0.2) is 0 Å². The van der Waals surface area contributed by atoms with Crippen LogP contribution in [0.25, 0.3) is 6.08 Å². The van der Waals surface area contributed by atoms with E-state index in [2.05, 4.69) is 69.2 Å². The molecule has 2 N–H and O–H groups in total. The monoisotopic (exact) mass is 574 g/mol. The van der Waals surface area contributed by atoms with E-state index in [1.165, 1.54) is 67.3 Å². The van der Waals surface area contributed by atoms with Crippen LogP contribution < -0.4 is 5.32 Å². The molecule has 0 atom stereocenters. The van der Waals surface area contributed by atoms with Gasteiger partial charge >= 0.3 is 5.97 Å². The average Bonchev–Trinajstić information content (AvgIpc) is 3.72. The SMILES string of the molecule is C/C=C(/C(=O)NC12CCC(C(=O)O)(CC1)CC2)N(C)/C(=C/c1cc(C(C)(C)C)cc(C2(C)CC2)c1)CC1CCCCC1. The maximum absolute atomic E-state index is 13.9. The quantitative estimate of drug-likeness (QED) is 0.290. The Morgan fingerprint density at radius 3 is 2.12 bits per heavy atom. The molecule has 5 saturated carbocycles. The number of allylic oxidation sites excluding steroid dienone is 2. The van der Waals surface area contributed by atoms with Crippen LogP contribution in [0.3, 0.4) is 0 Å². The number of hydrogen-bond acceptors (Lipinski definition) is 3. The Labute approximate surface area is 254 Å². The Morgan fingerprint density at radius 2 is 1.60 bits per heavy atom. The number of carboxylic acid groups (broad SMARTS) is 1. The molecule has 1 aromatic carbocycles. The van der Waals surface area contributed by atoms with Gasteiger partial charge in [0.1, 0.15) is 5.70 Å². The Balaban J connectivity index is 1.43. The molecule has 5 nitrogen and oxygen atoms in total. The lowest BCUT2D eigenvalue weighted by atomic mass is 9.57. The third kappa shape index (κ3) is 6.36. The van der Waals surface area contributed by atoms with Gasteiger partial charge in [-0.2, -0.15) is 0 Å². The number of benzene rings is 1. The molecule has 0 saturated heterocycles. The average molecular weight is 575 g/mol. The Morgan fingerprint density at radius 1 is 0.976 bits per heavy atom. The first kappa shape index (κ1) is 30.9. The minimum atomic E-state index is -0.664. The molecule has 2 bridgehead atoms. The Hall–Kier alpha value is -2.56. The predicted molar refractivity (Wildman–Crippen MR) is 171 cm³/mol. The van der Waals surface area contributed by atoms with Crippen molar-refractivity contribution in [2.24, 2.45) is 11.3 Å². The zero-order valence-corrected chi connectivity index (χ0v) is 27.1. The Bertz CT molecular complexity index is 1210. The molecule has 0 unspecified atom stereocenters. The van der Waals surface area contributed by atoms with Crippen LogP contribution >= 0.6 is 0 Å². The number of fused-ring (bicyclic) bond motifs is 3. The van der Waals surface area contributed by atoms with Crippen LogP contribution in [-0.2, 0) is 20.4 Å². The highest BCUT2D eigenvalue weighted by Crippen LogP contribution is 2.52. The van der Waals surface area contributed by atoms with E-state index >= 15 is 0 Å². The van der Waals surface area contributed by atoms with E-state index in [9.17, 15) is 14.7 Å². The summed E-state index contributed by atoms with van der Waals surface area (Å²) in [6, 6.07) is 7.17. The third-order valence-corrected chi connectivity index (χ3v) is 11.5. The van der Waals surface area contributed by atoms with Crippen LogP contribution in [0.15, 0.2) is 35.7 Å². The number of rotatable bonds is 9. The van der Waals surface area contributed by atoms with Crippen LogP contribution in [0.4, 0.5) is 0 Å². The first-order chi connectivity index (χ1) is 19.8. The normalized spacial score (nSPS) is 28.0. The number of carboxylic acids is 1. The molecule has 6 rings (SSSR count). The molecule has 5 heteroatoms. The molecule has 42 heavy (non-hydrogen) atoms. The first-order valence-corrected chi connectivity index (χ1v) is 16.6. The van der Waals surface area contributed by atoms with Crippen molar-refractivity contribution >= 4 is 18.0 Å². The van der Waals surface area contributed by atoms with Gasteiger partial charge in [-0.15, -0.1) is 0 Å². The molecule has 230 valence electrons. The highest BCUT2D eigenvalue weighted by Gasteiger charge is 2.53. The topological polar surface area (TPSA) is 69.6 Å². The van der Waals surface area contributed by atoms with Gasteiger partial charge in [0.25, 0.3) is 5.91 Å². The summed E-state index contributed by atoms with van der Waals surface area (Å²) < 4.78 is 0. The standard InChI is InChI=1S/C37H54N2O3/c1-7-31(32(40)38-37-18-15-36(16-19-37,17-20-37)33(41)42)39(6)30(23-26-11-9-8-10-12-26)24-27-21-28(34(2,3)4)25-29(22-27)35(5)13-14-35/h7,21-22,24-26H,8-20,23H2,1-6H3,(H,38,40)(H,41,42)/b30-24+,31-7-. The second kappa shape index (κ2) is 11.5. The molecule has 0 radical (unpaired) electrons. The van der Waals surface area contributed by atoms with Crippen molar-refractivity contribution in [1.82, 2.24) is 10.2 Å². The maximum Gasteiger partial charge on any atom is 0.309 e. The molecule has 5 aliphatic carbocycles. The van der Waals surface area contributed by atoms with Crippen LogP contribution in [-0.4, -0.2) is 34.5 Å². The van der Waals surface area contributed by atoms with Crippen LogP contribution in [0.5, 0.6) is 0 Å². The van der Waals surface area contributed by atoms with Gasteiger partial charge in [0, 0.05) is 18.3 Å². The molecule has 0 heterocycles. The van der Waals surface area contributed by atoms with E-state index in [-0.39, 0.29) is 22.3 Å². The zero-order chi connectivity index (χ0) is 30.3. The number of hydrogen-bond donors (Lipinski definition) is 2. The van der Waals surface area contributed by atoms with Gasteiger partial charge in [-0.1, -0.05) is 84.1 Å². The fourth-order valence-corrected chi connectivity index (χ4v) is 7.80. The van der Waals surface area contributed by atoms with E-state index in [1.54, 1.807) is 0 Å². The second-order valence-corrected chi connectivity index (χ2v) is 15.6. The van der Waals surface area contributed by atoms with Crippen LogP contribution in [0.2, 0.25) is 0 Å². The summed E-state index contributed by atoms with van der Waals surface area (Å²) in [6.07, 6.45) is 18.4. The van der Waals surface area contributed by atoms with E-state index in [0.717, 1.165) is 25.7 Å². The summed E-state index contributed by atoms with van der Waals surface area (Å²) in [5.41, 5.74) is 5.42. The largest absolute Gasteiger partial charge is 0.481 e. The van der Waals surface area contributed by atoms with Crippen molar-refractivity contribution in [3.63, 3.8) is 0 Å². The van der Waals surface area contributed by atoms with Gasteiger partial charge in [-0.3, -0.25) is 9.59 Å². The molecule has 1 amide bonds. The van der Waals surface area contributed by atoms with E-state index in [1.807, 2.05) is 13.0 Å². The first-order valence-electron chi connectivity index (χ1n) is 16.6. The fourth-order valence-electron chi connectivity index (χ4n) is 7.80. The number of carbonyl (C=O) groups is 2. The molecular weight excluding hydrogens is 520 g/mol. The molecule has 0 spiro atoms. The van der Waals surface area contributed by atoms with E-state index in [4.69, 9.17) is 0 Å². The number of nitrogens with one attached hydrogen (secondary N) is 1. The summed E-state index contributed by atoms with van der Waals surface area (Å²) >= 11 is 0. The maximum atomic E-state index is 13.9. The van der Waals surface area contributed by atoms with Gasteiger partial charge in [-0.05, 0) is 104 Å². The van der Waals surface area contributed by atoms with E-state index in [0.29, 0.717) is 30.9 Å². The smallest absolute Gasteiger partial charge is 0.309 e. The van der Waals surface area contributed by atoms with Gasteiger partial charge in [-0.25, -0.2) is 0 Å². The number of amides is 1. The number of aliphatic carboxylic acids is 1. The van der Waals surface area contributed by atoms with Gasteiger partial charge in [0.2, 0.25) is 0 Å². The molecule has 5 aliphatic rings. The zero-order valence-electron chi connectivity index (χ0n) is 27.1. The lowest BCUT2D eigenvalue weighted by Crippen LogP contribution is -2.59. The second-order valence-electron chi connectivity index (χ2n) is 15.6. The summed E-state index contributed by atoms with van der Waals surface area (Å²) in [6.45, 7) is 11.2. The van der Waals surface area contributed by atoms with Crippen molar-refractivity contribution in [3.05, 3.63) is 52.4 Å². The lowest BCUT2D eigenvalue weighted by molar-refractivity contribution is -0.157. The molecule has 5 fully saturated rings. The van der Waals surface area contributed by atoms with Crippen molar-refractivity contribution in [3.8, 4) is 0 Å². The molecular formula is C37H54N2O3. The number of likely N-dealkylation sites (N-methyl/N-ethyl adjacent to an activating group) is 1. The van der Waals surface area contributed by atoms with Crippen LogP contribution in [0.1, 0.15) is 141 Å². The molecule has 0 aliphatic heterocycles. The highest BCUT2D eigenvalue weighted by molar-refractivity contribution is 5.94. The summed E-state index contributed by atoms with van der Waals surface area (Å²) in [7, 11) is 2.06. The van der Waals surface area contributed by atoms with Crippen molar-refractivity contribution in [1.29, 1.82) is 0 Å². The Kier molecular flexibility index (Phi) is 8.46. The number of nitrogens with zero attached hydrogens (tertiary/aromatic N) is 1. The van der Waals surface area contributed by atoms with Crippen molar-refractivity contribution in [2.75, 3.05) is 7.05 Å². The summed E-state index contributed by atoms with van der Waals surface area (Å²) in [4.78, 5) is 28.0. The van der Waals surface area contributed by atoms with Gasteiger partial charge < -0.3 is 15.3 Å². The summed E-state index contributed by atoms with van der Waals surface area (Å²) in [5, 5.41) is 13.2. The number of carbonyl (C=O) groups excluding carboxylic acids is 1. The minimum Gasteiger partial charge on any atom is -0.481 e. The highest BCUT2D eigenvalue weighted by atomic mass is 16.4. The minimum absolute atomic E-state index is 0.0334. The van der Waals surface area contributed by atoms with Crippen molar-refractivity contribution in [2.45, 2.75) is 141 Å². The van der Waals surface area contributed by atoms with Crippen molar-refractivity contribution < 1.29 is 14.7 Å². The van der Waals surface area contributed by atoms with Gasteiger partial charge in [0.05, 0.1) is 5.41 Å². The lowest BCUT2D eigenvalue weighted by Gasteiger charge is -2.51. The van der Waals surface area contributed by atoms with E-state index < -0.39 is 11.4 Å². The van der Waals surface area contributed by atoms with Crippen LogP contribution in [0, 0.1) is 11.3 Å². The molecule has 1 aromatic rings. The fraction of sp³-hybridized carbons (Fsp3) is 0.676. The third-order valence-electron chi connectivity index (χ3n) is 11.5.